The highest BCUT2D eigenvalue weighted by Crippen LogP contribution is 2.20. The number of aliphatic hydroxyl groups is 1. The van der Waals surface area contributed by atoms with Crippen LogP contribution in [0, 0.1) is 0 Å². The topological polar surface area (TPSA) is 49.8 Å². The SMILES string of the molecule is COc1ccc(C(=O)C(C)N(CCO)CC(F)(F)F)cc1. The summed E-state index contributed by atoms with van der Waals surface area (Å²) >= 11 is 0. The molecule has 1 N–H and O–H groups in total. The fraction of sp³-hybridized carbons (Fsp3) is 0.500. The largest absolute Gasteiger partial charge is 0.497 e. The van der Waals surface area contributed by atoms with Crippen molar-refractivity contribution in [3.05, 3.63) is 29.8 Å². The maximum Gasteiger partial charge on any atom is 0.401 e. The normalized spacial score (nSPS) is 13.3. The van der Waals surface area contributed by atoms with E-state index in [9.17, 15) is 18.0 Å². The first-order valence-electron chi connectivity index (χ1n) is 6.38. The van der Waals surface area contributed by atoms with Crippen molar-refractivity contribution in [1.82, 2.24) is 4.90 Å². The van der Waals surface area contributed by atoms with E-state index >= 15 is 0 Å². The number of ether oxygens (including phenoxy) is 1. The molecule has 0 saturated carbocycles. The second-order valence-corrected chi connectivity index (χ2v) is 4.58. The molecule has 1 aromatic rings. The van der Waals surface area contributed by atoms with Crippen LogP contribution < -0.4 is 4.74 Å². The van der Waals surface area contributed by atoms with E-state index in [0.717, 1.165) is 4.90 Å². The van der Waals surface area contributed by atoms with E-state index in [1.165, 1.54) is 26.2 Å². The van der Waals surface area contributed by atoms with Gasteiger partial charge >= 0.3 is 6.18 Å². The van der Waals surface area contributed by atoms with Crippen molar-refractivity contribution in [2.75, 3.05) is 26.8 Å². The highest BCUT2D eigenvalue weighted by Gasteiger charge is 2.34. The Morgan fingerprint density at radius 1 is 1.33 bits per heavy atom. The molecule has 0 spiro atoms. The van der Waals surface area contributed by atoms with Gasteiger partial charge in [0.15, 0.2) is 5.78 Å². The number of rotatable bonds is 7. The molecule has 0 aromatic heterocycles. The van der Waals surface area contributed by atoms with Crippen LogP contribution in [0.1, 0.15) is 17.3 Å². The summed E-state index contributed by atoms with van der Waals surface area (Å²) in [5, 5.41) is 8.87. The lowest BCUT2D eigenvalue weighted by Gasteiger charge is -2.28. The van der Waals surface area contributed by atoms with Crippen LogP contribution in [0.15, 0.2) is 24.3 Å². The number of aliphatic hydroxyl groups excluding tert-OH is 1. The van der Waals surface area contributed by atoms with Crippen molar-refractivity contribution in [1.29, 1.82) is 0 Å². The van der Waals surface area contributed by atoms with Crippen molar-refractivity contribution >= 4 is 5.78 Å². The summed E-state index contributed by atoms with van der Waals surface area (Å²) in [6.45, 7) is -0.510. The minimum absolute atomic E-state index is 0.220. The third-order valence-electron chi connectivity index (χ3n) is 3.07. The molecule has 0 fully saturated rings. The van der Waals surface area contributed by atoms with Crippen LogP contribution >= 0.6 is 0 Å². The van der Waals surface area contributed by atoms with Gasteiger partial charge in [-0.1, -0.05) is 0 Å². The molecule has 0 bridgehead atoms. The summed E-state index contributed by atoms with van der Waals surface area (Å²) in [6.07, 6.45) is -4.43. The Bertz CT molecular complexity index is 460. The Morgan fingerprint density at radius 2 is 1.90 bits per heavy atom. The van der Waals surface area contributed by atoms with E-state index < -0.39 is 31.2 Å². The third-order valence-corrected chi connectivity index (χ3v) is 3.07. The van der Waals surface area contributed by atoms with Gasteiger partial charge in [0.2, 0.25) is 0 Å². The van der Waals surface area contributed by atoms with Crippen LogP contribution in [0.5, 0.6) is 5.75 Å². The third kappa shape index (κ3) is 5.35. The molecule has 1 atom stereocenters. The van der Waals surface area contributed by atoms with Gasteiger partial charge in [0.05, 0.1) is 26.3 Å². The fourth-order valence-electron chi connectivity index (χ4n) is 1.93. The standard InChI is InChI=1S/C14H18F3NO3/c1-10(18(7-8-19)9-14(15,16)17)13(20)11-3-5-12(21-2)6-4-11/h3-6,10,19H,7-9H2,1-2H3. The molecule has 118 valence electrons. The van der Waals surface area contributed by atoms with Gasteiger partial charge in [0, 0.05) is 12.1 Å². The fourth-order valence-corrected chi connectivity index (χ4v) is 1.93. The van der Waals surface area contributed by atoms with Gasteiger partial charge in [0.25, 0.3) is 0 Å². The van der Waals surface area contributed by atoms with Gasteiger partial charge in [-0.2, -0.15) is 13.2 Å². The summed E-state index contributed by atoms with van der Waals surface area (Å²) in [5.41, 5.74) is 0.299. The monoisotopic (exact) mass is 305 g/mol. The van der Waals surface area contributed by atoms with Crippen LogP contribution in [-0.2, 0) is 0 Å². The van der Waals surface area contributed by atoms with Gasteiger partial charge in [-0.05, 0) is 31.2 Å². The molecule has 0 aliphatic carbocycles. The number of hydrogen-bond acceptors (Lipinski definition) is 4. The zero-order chi connectivity index (χ0) is 16.0. The molecular formula is C14H18F3NO3. The molecule has 0 amide bonds. The molecule has 0 radical (unpaired) electrons. The zero-order valence-electron chi connectivity index (χ0n) is 11.9. The number of carbonyl (C=O) groups excluding carboxylic acids is 1. The van der Waals surface area contributed by atoms with Crippen molar-refractivity contribution < 1.29 is 27.8 Å². The van der Waals surface area contributed by atoms with Gasteiger partial charge < -0.3 is 9.84 Å². The quantitative estimate of drug-likeness (QED) is 0.784. The summed E-state index contributed by atoms with van der Waals surface area (Å²) in [6, 6.07) is 5.16. The number of ketones is 1. The Morgan fingerprint density at radius 3 is 2.33 bits per heavy atom. The highest BCUT2D eigenvalue weighted by atomic mass is 19.4. The van der Waals surface area contributed by atoms with E-state index in [-0.39, 0.29) is 6.54 Å². The molecular weight excluding hydrogens is 287 g/mol. The molecule has 4 nitrogen and oxygen atoms in total. The van der Waals surface area contributed by atoms with Gasteiger partial charge in [-0.15, -0.1) is 0 Å². The van der Waals surface area contributed by atoms with Crippen molar-refractivity contribution in [3.63, 3.8) is 0 Å². The van der Waals surface area contributed by atoms with Gasteiger partial charge in [-0.3, -0.25) is 9.69 Å². The van der Waals surface area contributed by atoms with E-state index in [2.05, 4.69) is 0 Å². The summed E-state index contributed by atoms with van der Waals surface area (Å²) in [7, 11) is 1.48. The average Bonchev–Trinajstić information content (AvgIpc) is 2.44. The molecule has 0 saturated heterocycles. The molecule has 0 heterocycles. The van der Waals surface area contributed by atoms with Crippen molar-refractivity contribution in [2.24, 2.45) is 0 Å². The number of methoxy groups -OCH3 is 1. The predicted octanol–water partition coefficient (Wildman–Crippen LogP) is 2.12. The van der Waals surface area contributed by atoms with E-state index in [1.54, 1.807) is 12.1 Å². The lowest BCUT2D eigenvalue weighted by molar-refractivity contribution is -0.149. The molecule has 0 aliphatic rings. The minimum Gasteiger partial charge on any atom is -0.497 e. The van der Waals surface area contributed by atoms with E-state index in [4.69, 9.17) is 9.84 Å². The van der Waals surface area contributed by atoms with Gasteiger partial charge in [0.1, 0.15) is 5.75 Å². The number of hydrogen-bond donors (Lipinski definition) is 1. The molecule has 1 aromatic carbocycles. The highest BCUT2D eigenvalue weighted by molar-refractivity contribution is 5.99. The molecule has 1 rings (SSSR count). The molecule has 1 unspecified atom stereocenters. The number of nitrogens with zero attached hydrogens (tertiary/aromatic N) is 1. The summed E-state index contributed by atoms with van der Waals surface area (Å²) in [5.74, 6) is 0.122. The molecule has 21 heavy (non-hydrogen) atoms. The first kappa shape index (κ1) is 17.5. The van der Waals surface area contributed by atoms with Crippen LogP contribution in [0.25, 0.3) is 0 Å². The predicted molar refractivity (Wildman–Crippen MR) is 71.5 cm³/mol. The lowest BCUT2D eigenvalue weighted by atomic mass is 10.0. The van der Waals surface area contributed by atoms with E-state index in [0.29, 0.717) is 11.3 Å². The van der Waals surface area contributed by atoms with E-state index in [1.807, 2.05) is 0 Å². The first-order valence-corrected chi connectivity index (χ1v) is 6.38. The van der Waals surface area contributed by atoms with Crippen LogP contribution in [0.4, 0.5) is 13.2 Å². The number of carbonyl (C=O) groups is 1. The van der Waals surface area contributed by atoms with Crippen molar-refractivity contribution in [2.45, 2.75) is 19.1 Å². The number of alkyl halides is 3. The maximum atomic E-state index is 12.5. The second kappa shape index (κ2) is 7.42. The Kier molecular flexibility index (Phi) is 6.17. The summed E-state index contributed by atoms with van der Waals surface area (Å²) in [4.78, 5) is 13.1. The van der Waals surface area contributed by atoms with Gasteiger partial charge in [-0.25, -0.2) is 0 Å². The minimum atomic E-state index is -4.43. The molecule has 7 heteroatoms. The smallest absolute Gasteiger partial charge is 0.401 e. The summed E-state index contributed by atoms with van der Waals surface area (Å²) < 4.78 is 42.5. The zero-order valence-corrected chi connectivity index (χ0v) is 11.9. The maximum absolute atomic E-state index is 12.5. The lowest BCUT2D eigenvalue weighted by Crippen LogP contribution is -2.45. The number of halogens is 3. The first-order chi connectivity index (χ1) is 9.78. The van der Waals surface area contributed by atoms with Crippen molar-refractivity contribution in [3.8, 4) is 5.75 Å². The average molecular weight is 305 g/mol. The second-order valence-electron chi connectivity index (χ2n) is 4.58. The Labute approximate surface area is 121 Å². The molecule has 0 aliphatic heterocycles. The number of benzene rings is 1. The Hall–Kier alpha value is -1.60. The van der Waals surface area contributed by atoms with Crippen LogP contribution in [0.3, 0.4) is 0 Å². The number of Topliss-reactive ketones (excluding diaryl/α,β-unsaturated/α-hetero) is 1. The Balaban J connectivity index is 2.85. The van der Waals surface area contributed by atoms with Crippen LogP contribution in [0.2, 0.25) is 0 Å². The van der Waals surface area contributed by atoms with Crippen LogP contribution in [-0.4, -0.2) is 54.8 Å².